The predicted octanol–water partition coefficient (Wildman–Crippen LogP) is 1.10. The summed E-state index contributed by atoms with van der Waals surface area (Å²) in [5.41, 5.74) is 0. The zero-order valence-corrected chi connectivity index (χ0v) is 8.41. The lowest BCUT2D eigenvalue weighted by Crippen LogP contribution is -2.56. The molecule has 70 valence electrons. The van der Waals surface area contributed by atoms with Gasteiger partial charge >= 0.3 is 0 Å². The van der Waals surface area contributed by atoms with Gasteiger partial charge in [0.2, 0.25) is 0 Å². The van der Waals surface area contributed by atoms with Crippen LogP contribution in [0.4, 0.5) is 0 Å². The average molecular weight is 217 g/mol. The fraction of sp³-hybridized carbons (Fsp3) is 0.375. The van der Waals surface area contributed by atoms with Crippen molar-refractivity contribution >= 4 is 28.8 Å². The number of carbonyl (C=O) groups is 1. The standard InChI is InChI=1S/C8H9ClN2OS/c9-6-1-2-13-7(6)8(12)11-5-3-10-4-5/h1-2,5,10H,3-4H2,(H,11,12). The maximum Gasteiger partial charge on any atom is 0.263 e. The molecular weight excluding hydrogens is 208 g/mol. The number of nitrogens with one attached hydrogen (secondary N) is 2. The Morgan fingerprint density at radius 2 is 2.46 bits per heavy atom. The minimum Gasteiger partial charge on any atom is -0.346 e. The molecule has 1 aliphatic rings. The summed E-state index contributed by atoms with van der Waals surface area (Å²) in [6.07, 6.45) is 0. The number of rotatable bonds is 2. The summed E-state index contributed by atoms with van der Waals surface area (Å²) in [4.78, 5) is 12.1. The van der Waals surface area contributed by atoms with Crippen molar-refractivity contribution in [2.24, 2.45) is 0 Å². The summed E-state index contributed by atoms with van der Waals surface area (Å²) in [6, 6.07) is 2.01. The van der Waals surface area contributed by atoms with Gasteiger partial charge in [0, 0.05) is 13.1 Å². The van der Waals surface area contributed by atoms with E-state index in [1.54, 1.807) is 6.07 Å². The van der Waals surface area contributed by atoms with Crippen molar-refractivity contribution in [1.82, 2.24) is 10.6 Å². The van der Waals surface area contributed by atoms with E-state index >= 15 is 0 Å². The minimum absolute atomic E-state index is 0.0634. The van der Waals surface area contributed by atoms with E-state index < -0.39 is 0 Å². The van der Waals surface area contributed by atoms with Crippen molar-refractivity contribution in [3.8, 4) is 0 Å². The van der Waals surface area contributed by atoms with Gasteiger partial charge in [-0.2, -0.15) is 0 Å². The molecule has 1 aliphatic heterocycles. The van der Waals surface area contributed by atoms with E-state index in [4.69, 9.17) is 11.6 Å². The third-order valence-electron chi connectivity index (χ3n) is 1.94. The number of carbonyl (C=O) groups excluding carboxylic acids is 1. The van der Waals surface area contributed by atoms with Crippen LogP contribution in [0, 0.1) is 0 Å². The Kier molecular flexibility index (Phi) is 2.53. The summed E-state index contributed by atoms with van der Waals surface area (Å²) in [7, 11) is 0. The van der Waals surface area contributed by atoms with E-state index in [-0.39, 0.29) is 11.9 Å². The minimum atomic E-state index is -0.0634. The molecular formula is C8H9ClN2OS. The molecule has 2 rings (SSSR count). The van der Waals surface area contributed by atoms with Gasteiger partial charge in [-0.3, -0.25) is 4.79 Å². The number of amides is 1. The monoisotopic (exact) mass is 216 g/mol. The van der Waals surface area contributed by atoms with Crippen molar-refractivity contribution in [2.45, 2.75) is 6.04 Å². The molecule has 5 heteroatoms. The number of halogens is 1. The Labute approximate surface area is 85.1 Å². The largest absolute Gasteiger partial charge is 0.346 e. The summed E-state index contributed by atoms with van der Waals surface area (Å²) in [5.74, 6) is -0.0634. The second-order valence-corrected chi connectivity index (χ2v) is 4.25. The predicted molar refractivity (Wildman–Crippen MR) is 53.5 cm³/mol. The van der Waals surface area contributed by atoms with Gasteiger partial charge in [-0.15, -0.1) is 11.3 Å². The summed E-state index contributed by atoms with van der Waals surface area (Å²) in [5, 5.41) is 8.32. The average Bonchev–Trinajstić information content (AvgIpc) is 2.43. The molecule has 1 fully saturated rings. The van der Waals surface area contributed by atoms with Gasteiger partial charge in [-0.25, -0.2) is 0 Å². The Balaban J connectivity index is 2.00. The van der Waals surface area contributed by atoms with E-state index in [1.807, 2.05) is 5.38 Å². The van der Waals surface area contributed by atoms with Gasteiger partial charge in [-0.05, 0) is 11.4 Å². The maximum absolute atomic E-state index is 11.5. The highest BCUT2D eigenvalue weighted by Crippen LogP contribution is 2.21. The van der Waals surface area contributed by atoms with Crippen LogP contribution in [-0.4, -0.2) is 25.0 Å². The number of hydrogen-bond acceptors (Lipinski definition) is 3. The van der Waals surface area contributed by atoms with Crippen LogP contribution in [0.25, 0.3) is 0 Å². The molecule has 0 spiro atoms. The lowest BCUT2D eigenvalue weighted by Gasteiger charge is -2.27. The van der Waals surface area contributed by atoms with Gasteiger partial charge in [0.1, 0.15) is 4.88 Å². The van der Waals surface area contributed by atoms with Gasteiger partial charge in [0.25, 0.3) is 5.91 Å². The Morgan fingerprint density at radius 3 is 2.92 bits per heavy atom. The highest BCUT2D eigenvalue weighted by atomic mass is 35.5. The Hall–Kier alpha value is -0.580. The Morgan fingerprint density at radius 1 is 1.69 bits per heavy atom. The molecule has 0 unspecified atom stereocenters. The lowest BCUT2D eigenvalue weighted by molar-refractivity contribution is 0.0928. The molecule has 2 N–H and O–H groups in total. The van der Waals surface area contributed by atoms with Crippen LogP contribution in [0.5, 0.6) is 0 Å². The first-order valence-corrected chi connectivity index (χ1v) is 5.27. The first-order valence-electron chi connectivity index (χ1n) is 4.02. The van der Waals surface area contributed by atoms with Crippen LogP contribution in [0.1, 0.15) is 9.67 Å². The van der Waals surface area contributed by atoms with E-state index in [9.17, 15) is 4.79 Å². The second kappa shape index (κ2) is 3.65. The molecule has 1 amide bonds. The number of hydrogen-bond donors (Lipinski definition) is 2. The summed E-state index contributed by atoms with van der Waals surface area (Å²) >= 11 is 7.18. The van der Waals surface area contributed by atoms with Crippen molar-refractivity contribution in [2.75, 3.05) is 13.1 Å². The first-order chi connectivity index (χ1) is 6.27. The zero-order valence-electron chi connectivity index (χ0n) is 6.84. The van der Waals surface area contributed by atoms with Crippen LogP contribution in [0.2, 0.25) is 5.02 Å². The smallest absolute Gasteiger partial charge is 0.263 e. The quantitative estimate of drug-likeness (QED) is 0.778. The molecule has 0 aromatic carbocycles. The Bertz CT molecular complexity index is 322. The zero-order chi connectivity index (χ0) is 9.26. The molecule has 0 atom stereocenters. The van der Waals surface area contributed by atoms with Crippen molar-refractivity contribution in [3.63, 3.8) is 0 Å². The van der Waals surface area contributed by atoms with Crippen molar-refractivity contribution < 1.29 is 4.79 Å². The van der Waals surface area contributed by atoms with Crippen LogP contribution in [0.3, 0.4) is 0 Å². The van der Waals surface area contributed by atoms with Gasteiger partial charge < -0.3 is 10.6 Å². The molecule has 13 heavy (non-hydrogen) atoms. The van der Waals surface area contributed by atoms with Crippen LogP contribution in [-0.2, 0) is 0 Å². The second-order valence-electron chi connectivity index (χ2n) is 2.93. The molecule has 2 heterocycles. The van der Waals surface area contributed by atoms with Gasteiger partial charge in [0.15, 0.2) is 0 Å². The number of thiophene rings is 1. The highest BCUT2D eigenvalue weighted by Gasteiger charge is 2.21. The van der Waals surface area contributed by atoms with E-state index in [0.29, 0.717) is 9.90 Å². The van der Waals surface area contributed by atoms with Gasteiger partial charge in [-0.1, -0.05) is 11.6 Å². The summed E-state index contributed by atoms with van der Waals surface area (Å²) in [6.45, 7) is 1.71. The van der Waals surface area contributed by atoms with Crippen LogP contribution in [0.15, 0.2) is 11.4 Å². The normalized spacial score (nSPS) is 16.7. The lowest BCUT2D eigenvalue weighted by atomic mass is 10.2. The van der Waals surface area contributed by atoms with E-state index in [1.165, 1.54) is 11.3 Å². The van der Waals surface area contributed by atoms with E-state index in [0.717, 1.165) is 13.1 Å². The molecule has 0 bridgehead atoms. The first kappa shape index (κ1) is 8.99. The summed E-state index contributed by atoms with van der Waals surface area (Å²) < 4.78 is 0. The molecule has 1 aromatic rings. The molecule has 1 saturated heterocycles. The van der Waals surface area contributed by atoms with Crippen LogP contribution < -0.4 is 10.6 Å². The SMILES string of the molecule is O=C(NC1CNC1)c1sccc1Cl. The fourth-order valence-electron chi connectivity index (χ4n) is 1.10. The molecule has 0 saturated carbocycles. The fourth-order valence-corrected chi connectivity index (χ4v) is 2.14. The molecule has 0 aliphatic carbocycles. The molecule has 3 nitrogen and oxygen atoms in total. The van der Waals surface area contributed by atoms with Crippen LogP contribution >= 0.6 is 22.9 Å². The topological polar surface area (TPSA) is 41.1 Å². The third-order valence-corrected chi connectivity index (χ3v) is 3.28. The van der Waals surface area contributed by atoms with E-state index in [2.05, 4.69) is 10.6 Å². The molecule has 0 radical (unpaired) electrons. The maximum atomic E-state index is 11.5. The molecule has 1 aromatic heterocycles. The van der Waals surface area contributed by atoms with Crippen molar-refractivity contribution in [1.29, 1.82) is 0 Å². The highest BCUT2D eigenvalue weighted by molar-refractivity contribution is 7.12. The third kappa shape index (κ3) is 1.85. The van der Waals surface area contributed by atoms with Gasteiger partial charge in [0.05, 0.1) is 11.1 Å². The van der Waals surface area contributed by atoms with Crippen molar-refractivity contribution in [3.05, 3.63) is 21.3 Å².